The maximum atomic E-state index is 5.42. The van der Waals surface area contributed by atoms with E-state index in [1.165, 1.54) is 11.3 Å². The Morgan fingerprint density at radius 1 is 1.80 bits per heavy atom. The van der Waals surface area contributed by atoms with Gasteiger partial charge in [-0.25, -0.2) is 4.98 Å². The normalized spacial score (nSPS) is 10.9. The van der Waals surface area contributed by atoms with Crippen molar-refractivity contribution in [2.24, 2.45) is 0 Å². The van der Waals surface area contributed by atoms with Gasteiger partial charge in [0.1, 0.15) is 0 Å². The third kappa shape index (κ3) is 1.84. The minimum atomic E-state index is 0.635. The Balaban J connectivity index is 2.67. The van der Waals surface area contributed by atoms with E-state index in [4.69, 9.17) is 5.73 Å². The smallest absolute Gasteiger partial charge is 0.180 e. The van der Waals surface area contributed by atoms with Gasteiger partial charge in [0, 0.05) is 5.38 Å². The lowest BCUT2D eigenvalue weighted by Crippen LogP contribution is -1.80. The second-order valence-electron chi connectivity index (χ2n) is 1.92. The van der Waals surface area contributed by atoms with E-state index < -0.39 is 0 Å². The molecule has 54 valence electrons. The Labute approximate surface area is 64.4 Å². The lowest BCUT2D eigenvalue weighted by molar-refractivity contribution is 1.23. The molecular formula is C7H10N2S. The number of rotatable bonds is 2. The highest BCUT2D eigenvalue weighted by atomic mass is 32.1. The molecule has 2 N–H and O–H groups in total. The van der Waals surface area contributed by atoms with Gasteiger partial charge in [0.2, 0.25) is 0 Å². The molecule has 0 radical (unpaired) electrons. The van der Waals surface area contributed by atoms with Gasteiger partial charge in [0.25, 0.3) is 0 Å². The molecule has 10 heavy (non-hydrogen) atoms. The van der Waals surface area contributed by atoms with Crippen LogP contribution < -0.4 is 5.73 Å². The van der Waals surface area contributed by atoms with Gasteiger partial charge in [0.05, 0.1) is 5.69 Å². The molecule has 1 aromatic heterocycles. The zero-order valence-electron chi connectivity index (χ0n) is 5.87. The van der Waals surface area contributed by atoms with Crippen LogP contribution in [0.2, 0.25) is 0 Å². The first-order chi connectivity index (χ1) is 4.83. The van der Waals surface area contributed by atoms with Crippen LogP contribution in [0.15, 0.2) is 11.5 Å². The zero-order valence-corrected chi connectivity index (χ0v) is 6.69. The highest BCUT2D eigenvalue weighted by Crippen LogP contribution is 2.11. The summed E-state index contributed by atoms with van der Waals surface area (Å²) in [6.45, 7) is 2.09. The molecule has 0 aromatic carbocycles. The monoisotopic (exact) mass is 154 g/mol. The Kier molecular flexibility index (Phi) is 2.45. The lowest BCUT2D eigenvalue weighted by atomic mass is 10.4. The Morgan fingerprint density at radius 2 is 2.60 bits per heavy atom. The quantitative estimate of drug-likeness (QED) is 0.708. The fraction of sp³-hybridized carbons (Fsp3) is 0.286. The summed E-state index contributed by atoms with van der Waals surface area (Å²) in [6, 6.07) is 0. The molecular weight excluding hydrogens is 144 g/mol. The number of nitrogens with two attached hydrogens (primary N) is 1. The highest BCUT2D eigenvalue weighted by molar-refractivity contribution is 7.13. The highest BCUT2D eigenvalue weighted by Gasteiger charge is 1.90. The molecule has 0 amide bonds. The van der Waals surface area contributed by atoms with E-state index >= 15 is 0 Å². The van der Waals surface area contributed by atoms with Gasteiger partial charge in [-0.3, -0.25) is 0 Å². The maximum absolute atomic E-state index is 5.42. The van der Waals surface area contributed by atoms with E-state index in [0.717, 1.165) is 12.1 Å². The van der Waals surface area contributed by atoms with E-state index in [1.807, 2.05) is 11.5 Å². The molecule has 0 aliphatic heterocycles. The minimum absolute atomic E-state index is 0.635. The molecule has 1 heterocycles. The second-order valence-corrected chi connectivity index (χ2v) is 2.81. The predicted octanol–water partition coefficient (Wildman–Crippen LogP) is 2.15. The SMILES string of the molecule is CCC=Cc1csc(N)n1. The van der Waals surface area contributed by atoms with E-state index in [9.17, 15) is 0 Å². The number of aromatic nitrogens is 1. The number of hydrogen-bond acceptors (Lipinski definition) is 3. The fourth-order valence-corrected chi connectivity index (χ4v) is 1.15. The lowest BCUT2D eigenvalue weighted by Gasteiger charge is -1.79. The summed E-state index contributed by atoms with van der Waals surface area (Å²) in [4.78, 5) is 4.06. The molecule has 0 bridgehead atoms. The number of hydrogen-bond donors (Lipinski definition) is 1. The van der Waals surface area contributed by atoms with Crippen LogP contribution in [0.5, 0.6) is 0 Å². The van der Waals surface area contributed by atoms with Crippen molar-refractivity contribution < 1.29 is 0 Å². The topological polar surface area (TPSA) is 38.9 Å². The molecule has 0 fully saturated rings. The average molecular weight is 154 g/mol. The number of allylic oxidation sites excluding steroid dienone is 1. The average Bonchev–Trinajstić information content (AvgIpc) is 2.31. The molecule has 0 atom stereocenters. The Hall–Kier alpha value is -0.830. The van der Waals surface area contributed by atoms with E-state index in [-0.39, 0.29) is 0 Å². The van der Waals surface area contributed by atoms with Crippen LogP contribution in [0.4, 0.5) is 5.13 Å². The van der Waals surface area contributed by atoms with Gasteiger partial charge >= 0.3 is 0 Å². The van der Waals surface area contributed by atoms with Crippen molar-refractivity contribution in [3.05, 3.63) is 17.2 Å². The Bertz CT molecular complexity index is 227. The molecule has 1 rings (SSSR count). The van der Waals surface area contributed by atoms with Crippen molar-refractivity contribution in [2.45, 2.75) is 13.3 Å². The van der Waals surface area contributed by atoms with Crippen molar-refractivity contribution in [1.82, 2.24) is 4.98 Å². The zero-order chi connectivity index (χ0) is 7.40. The summed E-state index contributed by atoms with van der Waals surface area (Å²) in [7, 11) is 0. The van der Waals surface area contributed by atoms with Crippen molar-refractivity contribution in [3.63, 3.8) is 0 Å². The van der Waals surface area contributed by atoms with Crippen molar-refractivity contribution in [3.8, 4) is 0 Å². The third-order valence-electron chi connectivity index (χ3n) is 1.06. The summed E-state index contributed by atoms with van der Waals surface area (Å²) in [5, 5.41) is 2.58. The molecule has 0 saturated heterocycles. The van der Waals surface area contributed by atoms with E-state index in [2.05, 4.69) is 18.0 Å². The van der Waals surface area contributed by atoms with Crippen molar-refractivity contribution in [1.29, 1.82) is 0 Å². The van der Waals surface area contributed by atoms with Crippen LogP contribution in [0.25, 0.3) is 6.08 Å². The van der Waals surface area contributed by atoms with Crippen LogP contribution in [0, 0.1) is 0 Å². The summed E-state index contributed by atoms with van der Waals surface area (Å²) in [5.74, 6) is 0. The first-order valence-electron chi connectivity index (χ1n) is 3.20. The molecule has 0 unspecified atom stereocenters. The molecule has 3 heteroatoms. The largest absolute Gasteiger partial charge is 0.375 e. The number of nitrogen functional groups attached to an aromatic ring is 1. The van der Waals surface area contributed by atoms with Gasteiger partial charge in [-0.05, 0) is 12.5 Å². The molecule has 2 nitrogen and oxygen atoms in total. The third-order valence-corrected chi connectivity index (χ3v) is 1.76. The summed E-state index contributed by atoms with van der Waals surface area (Å²) in [5.41, 5.74) is 6.39. The van der Waals surface area contributed by atoms with Crippen molar-refractivity contribution >= 4 is 22.5 Å². The standard InChI is InChI=1S/C7H10N2S/c1-2-3-4-6-5-10-7(8)9-6/h3-5H,2H2,1H3,(H2,8,9). The van der Waals surface area contributed by atoms with Gasteiger partial charge in [-0.1, -0.05) is 13.0 Å². The molecule has 0 aliphatic carbocycles. The molecule has 0 aliphatic rings. The maximum Gasteiger partial charge on any atom is 0.180 e. The molecule has 0 spiro atoms. The van der Waals surface area contributed by atoms with Crippen LogP contribution >= 0.6 is 11.3 Å². The van der Waals surface area contributed by atoms with Gasteiger partial charge in [0.15, 0.2) is 5.13 Å². The van der Waals surface area contributed by atoms with Crippen LogP contribution in [0.3, 0.4) is 0 Å². The van der Waals surface area contributed by atoms with E-state index in [1.54, 1.807) is 0 Å². The van der Waals surface area contributed by atoms with Crippen LogP contribution in [-0.4, -0.2) is 4.98 Å². The number of anilines is 1. The second kappa shape index (κ2) is 3.37. The van der Waals surface area contributed by atoms with Crippen LogP contribution in [0.1, 0.15) is 19.0 Å². The summed E-state index contributed by atoms with van der Waals surface area (Å²) >= 11 is 1.47. The molecule has 0 saturated carbocycles. The van der Waals surface area contributed by atoms with Crippen LogP contribution in [-0.2, 0) is 0 Å². The molecule has 1 aromatic rings. The van der Waals surface area contributed by atoms with Gasteiger partial charge < -0.3 is 5.73 Å². The number of nitrogens with zero attached hydrogens (tertiary/aromatic N) is 1. The van der Waals surface area contributed by atoms with Gasteiger partial charge in [-0.2, -0.15) is 0 Å². The summed E-state index contributed by atoms with van der Waals surface area (Å²) < 4.78 is 0. The van der Waals surface area contributed by atoms with Crippen molar-refractivity contribution in [2.75, 3.05) is 5.73 Å². The summed E-state index contributed by atoms with van der Waals surface area (Å²) in [6.07, 6.45) is 5.08. The first kappa shape index (κ1) is 7.28. The predicted molar refractivity (Wildman–Crippen MR) is 45.9 cm³/mol. The van der Waals surface area contributed by atoms with Gasteiger partial charge in [-0.15, -0.1) is 11.3 Å². The number of thiazole rings is 1. The first-order valence-corrected chi connectivity index (χ1v) is 4.08. The Morgan fingerprint density at radius 3 is 3.10 bits per heavy atom. The minimum Gasteiger partial charge on any atom is -0.375 e. The van der Waals surface area contributed by atoms with E-state index in [0.29, 0.717) is 5.13 Å². The fourth-order valence-electron chi connectivity index (χ4n) is 0.616.